The molecule has 0 spiro atoms. The number of fused-ring (bicyclic) bond motifs is 1. The van der Waals surface area contributed by atoms with Gasteiger partial charge in [0.15, 0.2) is 0 Å². The molecular formula is C18H21N3O. The van der Waals surface area contributed by atoms with Gasteiger partial charge in [0.25, 0.3) is 0 Å². The van der Waals surface area contributed by atoms with Gasteiger partial charge in [0, 0.05) is 18.2 Å². The second kappa shape index (κ2) is 6.20. The van der Waals surface area contributed by atoms with Gasteiger partial charge < -0.3 is 14.6 Å². The summed E-state index contributed by atoms with van der Waals surface area (Å²) >= 11 is 0. The highest BCUT2D eigenvalue weighted by molar-refractivity contribution is 5.80. The summed E-state index contributed by atoms with van der Waals surface area (Å²) in [6.07, 6.45) is 0. The molecule has 4 nitrogen and oxygen atoms in total. The van der Waals surface area contributed by atoms with Crippen molar-refractivity contribution in [3.05, 3.63) is 48.0 Å². The summed E-state index contributed by atoms with van der Waals surface area (Å²) in [5, 5.41) is 0. The summed E-state index contributed by atoms with van der Waals surface area (Å²) in [6, 6.07) is 14.3. The molecule has 0 saturated carbocycles. The molecule has 114 valence electrons. The Morgan fingerprint density at radius 3 is 2.59 bits per heavy atom. The molecule has 0 atom stereocenters. The van der Waals surface area contributed by atoms with Crippen molar-refractivity contribution in [1.82, 2.24) is 14.9 Å². The zero-order valence-electron chi connectivity index (χ0n) is 13.3. The van der Waals surface area contributed by atoms with E-state index in [1.54, 1.807) is 0 Å². The van der Waals surface area contributed by atoms with E-state index in [0.717, 1.165) is 34.7 Å². The van der Waals surface area contributed by atoms with Crippen LogP contribution in [0, 0.1) is 6.92 Å². The molecule has 0 aliphatic carbocycles. The normalized spacial score (nSPS) is 11.3. The molecule has 1 aromatic heterocycles. The van der Waals surface area contributed by atoms with Gasteiger partial charge in [-0.2, -0.15) is 0 Å². The number of rotatable bonds is 5. The Hall–Kier alpha value is -2.33. The third kappa shape index (κ3) is 3.28. The number of nitrogens with one attached hydrogen (secondary N) is 1. The molecule has 0 fully saturated rings. The van der Waals surface area contributed by atoms with E-state index in [4.69, 9.17) is 4.74 Å². The smallest absolute Gasteiger partial charge is 0.138 e. The SMILES string of the molecule is Cc1ccc(-c2nc3ccc(OCCN(C)C)cc3[nH]2)cc1. The summed E-state index contributed by atoms with van der Waals surface area (Å²) < 4.78 is 5.77. The highest BCUT2D eigenvalue weighted by atomic mass is 16.5. The third-order valence-corrected chi connectivity index (χ3v) is 3.59. The maximum atomic E-state index is 5.77. The van der Waals surface area contributed by atoms with Gasteiger partial charge in [-0.15, -0.1) is 0 Å². The quantitative estimate of drug-likeness (QED) is 0.783. The molecule has 1 N–H and O–H groups in total. The van der Waals surface area contributed by atoms with Gasteiger partial charge in [0.2, 0.25) is 0 Å². The van der Waals surface area contributed by atoms with E-state index < -0.39 is 0 Å². The Balaban J connectivity index is 1.82. The summed E-state index contributed by atoms with van der Waals surface area (Å²) in [5.41, 5.74) is 4.29. The van der Waals surface area contributed by atoms with Crippen LogP contribution in [0.1, 0.15) is 5.56 Å². The predicted octanol–water partition coefficient (Wildman–Crippen LogP) is 3.48. The fourth-order valence-corrected chi connectivity index (χ4v) is 2.27. The van der Waals surface area contributed by atoms with Crippen LogP contribution >= 0.6 is 0 Å². The van der Waals surface area contributed by atoms with Crippen LogP contribution in [0.5, 0.6) is 5.75 Å². The minimum Gasteiger partial charge on any atom is -0.492 e. The molecule has 4 heteroatoms. The minimum atomic E-state index is 0.678. The fourth-order valence-electron chi connectivity index (χ4n) is 2.27. The van der Waals surface area contributed by atoms with Crippen LogP contribution in [0.4, 0.5) is 0 Å². The van der Waals surface area contributed by atoms with E-state index in [9.17, 15) is 0 Å². The number of hydrogen-bond donors (Lipinski definition) is 1. The lowest BCUT2D eigenvalue weighted by molar-refractivity contribution is 0.261. The van der Waals surface area contributed by atoms with E-state index in [1.807, 2.05) is 32.3 Å². The van der Waals surface area contributed by atoms with Crippen molar-refractivity contribution in [2.75, 3.05) is 27.2 Å². The van der Waals surface area contributed by atoms with Crippen LogP contribution in [0.3, 0.4) is 0 Å². The number of imidazole rings is 1. The molecule has 22 heavy (non-hydrogen) atoms. The molecular weight excluding hydrogens is 274 g/mol. The van der Waals surface area contributed by atoms with Gasteiger partial charge in [-0.25, -0.2) is 4.98 Å². The van der Waals surface area contributed by atoms with Crippen molar-refractivity contribution in [3.8, 4) is 17.1 Å². The van der Waals surface area contributed by atoms with Gasteiger partial charge >= 0.3 is 0 Å². The number of likely N-dealkylation sites (N-methyl/N-ethyl adjacent to an activating group) is 1. The van der Waals surface area contributed by atoms with Crippen molar-refractivity contribution in [3.63, 3.8) is 0 Å². The maximum Gasteiger partial charge on any atom is 0.138 e. The Bertz CT molecular complexity index is 760. The van der Waals surface area contributed by atoms with Crippen molar-refractivity contribution in [2.24, 2.45) is 0 Å². The lowest BCUT2D eigenvalue weighted by Crippen LogP contribution is -2.19. The first kappa shape index (κ1) is 14.6. The highest BCUT2D eigenvalue weighted by Gasteiger charge is 2.06. The molecule has 0 unspecified atom stereocenters. The average molecular weight is 295 g/mol. The molecule has 0 bridgehead atoms. The number of ether oxygens (including phenoxy) is 1. The molecule has 0 radical (unpaired) electrons. The lowest BCUT2D eigenvalue weighted by Gasteiger charge is -2.10. The summed E-state index contributed by atoms with van der Waals surface area (Å²) in [7, 11) is 4.07. The maximum absolute atomic E-state index is 5.77. The van der Waals surface area contributed by atoms with E-state index in [-0.39, 0.29) is 0 Å². The zero-order chi connectivity index (χ0) is 15.5. The van der Waals surface area contributed by atoms with Crippen LogP contribution < -0.4 is 4.74 Å². The van der Waals surface area contributed by atoms with Crippen LogP contribution in [0.2, 0.25) is 0 Å². The van der Waals surface area contributed by atoms with Crippen molar-refractivity contribution < 1.29 is 4.74 Å². The lowest BCUT2D eigenvalue weighted by atomic mass is 10.1. The molecule has 0 amide bonds. The van der Waals surface area contributed by atoms with E-state index >= 15 is 0 Å². The molecule has 2 aromatic carbocycles. The van der Waals surface area contributed by atoms with Crippen LogP contribution in [-0.2, 0) is 0 Å². The number of aromatic nitrogens is 2. The Morgan fingerprint density at radius 1 is 1.09 bits per heavy atom. The van der Waals surface area contributed by atoms with Crippen LogP contribution in [0.15, 0.2) is 42.5 Å². The second-order valence-electron chi connectivity index (χ2n) is 5.78. The Labute approximate surface area is 130 Å². The monoisotopic (exact) mass is 295 g/mol. The summed E-state index contributed by atoms with van der Waals surface area (Å²) in [6.45, 7) is 3.66. The van der Waals surface area contributed by atoms with Crippen molar-refractivity contribution in [2.45, 2.75) is 6.92 Å². The van der Waals surface area contributed by atoms with E-state index in [0.29, 0.717) is 6.61 Å². The average Bonchev–Trinajstić information content (AvgIpc) is 2.90. The highest BCUT2D eigenvalue weighted by Crippen LogP contribution is 2.24. The van der Waals surface area contributed by atoms with E-state index in [1.165, 1.54) is 5.56 Å². The van der Waals surface area contributed by atoms with Gasteiger partial charge in [0.1, 0.15) is 18.2 Å². The van der Waals surface area contributed by atoms with Gasteiger partial charge in [-0.05, 0) is 33.2 Å². The zero-order valence-corrected chi connectivity index (χ0v) is 13.3. The summed E-state index contributed by atoms with van der Waals surface area (Å²) in [4.78, 5) is 10.1. The number of aromatic amines is 1. The number of aryl methyl sites for hydroxylation is 1. The second-order valence-corrected chi connectivity index (χ2v) is 5.78. The fraction of sp³-hybridized carbons (Fsp3) is 0.278. The van der Waals surface area contributed by atoms with Crippen LogP contribution in [0.25, 0.3) is 22.4 Å². The molecule has 0 aliphatic rings. The largest absolute Gasteiger partial charge is 0.492 e. The van der Waals surface area contributed by atoms with Crippen molar-refractivity contribution in [1.29, 1.82) is 0 Å². The molecule has 3 aromatic rings. The molecule has 0 aliphatic heterocycles. The van der Waals surface area contributed by atoms with Crippen molar-refractivity contribution >= 4 is 11.0 Å². The van der Waals surface area contributed by atoms with Crippen LogP contribution in [-0.4, -0.2) is 42.1 Å². The predicted molar refractivity (Wildman–Crippen MR) is 90.3 cm³/mol. The standard InChI is InChI=1S/C18H21N3O/c1-13-4-6-14(7-5-13)18-19-16-9-8-15(12-17(16)20-18)22-11-10-21(2)3/h4-9,12H,10-11H2,1-3H3,(H,19,20). The molecule has 0 saturated heterocycles. The third-order valence-electron chi connectivity index (χ3n) is 3.59. The first-order valence-electron chi connectivity index (χ1n) is 7.46. The number of benzene rings is 2. The van der Waals surface area contributed by atoms with Gasteiger partial charge in [-0.1, -0.05) is 29.8 Å². The Morgan fingerprint density at radius 2 is 1.86 bits per heavy atom. The molecule has 1 heterocycles. The first-order valence-corrected chi connectivity index (χ1v) is 7.46. The number of H-pyrrole nitrogens is 1. The van der Waals surface area contributed by atoms with Gasteiger partial charge in [-0.3, -0.25) is 0 Å². The first-order chi connectivity index (χ1) is 10.6. The van der Waals surface area contributed by atoms with E-state index in [2.05, 4.69) is 46.1 Å². The number of nitrogens with zero attached hydrogens (tertiary/aromatic N) is 2. The molecule has 3 rings (SSSR count). The summed E-state index contributed by atoms with van der Waals surface area (Å²) in [5.74, 6) is 1.76. The Kier molecular flexibility index (Phi) is 4.11. The topological polar surface area (TPSA) is 41.1 Å². The minimum absolute atomic E-state index is 0.678. The van der Waals surface area contributed by atoms with Gasteiger partial charge in [0.05, 0.1) is 11.0 Å². The number of hydrogen-bond acceptors (Lipinski definition) is 3.